The molecule has 1 aliphatic rings. The van der Waals surface area contributed by atoms with E-state index in [0.717, 1.165) is 30.7 Å². The number of nitrogens with zero attached hydrogens (tertiary/aromatic N) is 1. The van der Waals surface area contributed by atoms with Crippen molar-refractivity contribution < 1.29 is 14.3 Å². The van der Waals surface area contributed by atoms with Crippen molar-refractivity contribution in [3.8, 4) is 11.3 Å². The summed E-state index contributed by atoms with van der Waals surface area (Å²) in [5.74, 6) is 0.644. The van der Waals surface area contributed by atoms with Gasteiger partial charge in [0.15, 0.2) is 0 Å². The number of benzene rings is 1. The van der Waals surface area contributed by atoms with Crippen LogP contribution in [-0.2, 0) is 9.53 Å². The van der Waals surface area contributed by atoms with Gasteiger partial charge in [-0.25, -0.2) is 9.78 Å². The zero-order chi connectivity index (χ0) is 17.8. The number of fused-ring (bicyclic) bond motifs is 4. The minimum absolute atomic E-state index is 0.0821. The van der Waals surface area contributed by atoms with Crippen LogP contribution in [0, 0.1) is 0 Å². The number of hydrogen-bond donors (Lipinski definition) is 4. The molecule has 1 unspecified atom stereocenters. The molecule has 0 fully saturated rings. The molecular formula is C17H21N5O3. The van der Waals surface area contributed by atoms with Gasteiger partial charge in [0, 0.05) is 23.9 Å². The van der Waals surface area contributed by atoms with E-state index in [0.29, 0.717) is 23.5 Å². The molecule has 25 heavy (non-hydrogen) atoms. The van der Waals surface area contributed by atoms with E-state index >= 15 is 0 Å². The fraction of sp³-hybridized carbons (Fsp3) is 0.353. The molecule has 0 saturated heterocycles. The van der Waals surface area contributed by atoms with Crippen molar-refractivity contribution in [3.63, 3.8) is 0 Å². The highest BCUT2D eigenvalue weighted by molar-refractivity contribution is 5.97. The van der Waals surface area contributed by atoms with Crippen molar-refractivity contribution in [1.82, 2.24) is 9.97 Å². The van der Waals surface area contributed by atoms with E-state index < -0.39 is 6.09 Å². The van der Waals surface area contributed by atoms with Crippen LogP contribution in [0.3, 0.4) is 0 Å². The van der Waals surface area contributed by atoms with E-state index in [4.69, 9.17) is 5.73 Å². The number of nitrogens with two attached hydrogens (primary N) is 1. The van der Waals surface area contributed by atoms with E-state index in [1.54, 1.807) is 24.4 Å². The third-order valence-electron chi connectivity index (χ3n) is 4.12. The number of aromatic nitrogens is 2. The number of ether oxygens (including phenoxy) is 1. The molecule has 5 N–H and O–H groups in total. The van der Waals surface area contributed by atoms with Crippen LogP contribution in [-0.4, -0.2) is 29.1 Å². The molecule has 8 heteroatoms. The van der Waals surface area contributed by atoms with Crippen molar-refractivity contribution in [3.05, 3.63) is 30.2 Å². The molecule has 1 atom stereocenters. The molecule has 1 aliphatic heterocycles. The molecule has 2 heterocycles. The summed E-state index contributed by atoms with van der Waals surface area (Å²) >= 11 is 0. The quantitative estimate of drug-likeness (QED) is 0.634. The molecular weight excluding hydrogens is 322 g/mol. The first kappa shape index (κ1) is 17.0. The Morgan fingerprint density at radius 1 is 1.40 bits per heavy atom. The molecule has 2 amide bonds. The van der Waals surface area contributed by atoms with Gasteiger partial charge in [-0.05, 0) is 31.0 Å². The summed E-state index contributed by atoms with van der Waals surface area (Å²) < 4.78 is 4.60. The third-order valence-corrected chi connectivity index (χ3v) is 4.12. The maximum Gasteiger partial charge on any atom is 0.411 e. The van der Waals surface area contributed by atoms with Gasteiger partial charge in [-0.2, -0.15) is 0 Å². The molecule has 3 rings (SSSR count). The number of hydrogen-bond acceptors (Lipinski definition) is 5. The molecule has 0 saturated carbocycles. The number of carbonyl (C=O) groups is 2. The van der Waals surface area contributed by atoms with Crippen molar-refractivity contribution in [1.29, 1.82) is 0 Å². The highest BCUT2D eigenvalue weighted by Gasteiger charge is 2.17. The fourth-order valence-electron chi connectivity index (χ4n) is 2.78. The van der Waals surface area contributed by atoms with E-state index in [9.17, 15) is 9.59 Å². The van der Waals surface area contributed by atoms with Gasteiger partial charge < -0.3 is 20.8 Å². The van der Waals surface area contributed by atoms with Gasteiger partial charge in [0.2, 0.25) is 5.91 Å². The fourth-order valence-corrected chi connectivity index (χ4v) is 2.78. The second-order valence-electron chi connectivity index (χ2n) is 5.95. The Balaban J connectivity index is 2.00. The average molecular weight is 343 g/mol. The standard InChI is InChI=1S/C17H21N5O3/c1-25-17(24)20-10-6-7-11-13(8-10)21-15(23)5-3-2-4-12(18)16-19-9-14(11)22-16/h6-9,12H,2-5,18H2,1H3,(H,19,22)(H,20,24)(H,21,23). The van der Waals surface area contributed by atoms with Gasteiger partial charge in [0.05, 0.1) is 24.5 Å². The Labute approximate surface area is 145 Å². The second kappa shape index (κ2) is 7.35. The first-order valence-electron chi connectivity index (χ1n) is 8.17. The van der Waals surface area contributed by atoms with Gasteiger partial charge in [-0.3, -0.25) is 10.1 Å². The summed E-state index contributed by atoms with van der Waals surface area (Å²) in [6.07, 6.45) is 3.98. The number of H-pyrrole nitrogens is 1. The molecule has 0 spiro atoms. The van der Waals surface area contributed by atoms with Gasteiger partial charge in [0.1, 0.15) is 5.82 Å². The van der Waals surface area contributed by atoms with Crippen molar-refractivity contribution in [2.45, 2.75) is 31.7 Å². The molecule has 1 aromatic heterocycles. The molecule has 2 bridgehead atoms. The Morgan fingerprint density at radius 3 is 3.04 bits per heavy atom. The van der Waals surface area contributed by atoms with E-state index in [-0.39, 0.29) is 11.9 Å². The second-order valence-corrected chi connectivity index (χ2v) is 5.95. The maximum absolute atomic E-state index is 12.2. The van der Waals surface area contributed by atoms with Crippen LogP contribution in [0.2, 0.25) is 0 Å². The Morgan fingerprint density at radius 2 is 2.24 bits per heavy atom. The Bertz CT molecular complexity index is 786. The number of rotatable bonds is 1. The van der Waals surface area contributed by atoms with Crippen LogP contribution >= 0.6 is 0 Å². The van der Waals surface area contributed by atoms with E-state index in [2.05, 4.69) is 25.3 Å². The van der Waals surface area contributed by atoms with E-state index in [1.807, 2.05) is 0 Å². The molecule has 0 aliphatic carbocycles. The summed E-state index contributed by atoms with van der Waals surface area (Å²) in [6.45, 7) is 0. The minimum Gasteiger partial charge on any atom is -0.453 e. The average Bonchev–Trinajstić information content (AvgIpc) is 3.08. The Kier molecular flexibility index (Phi) is 4.99. The maximum atomic E-state index is 12.2. The topological polar surface area (TPSA) is 122 Å². The van der Waals surface area contributed by atoms with Gasteiger partial charge >= 0.3 is 6.09 Å². The number of methoxy groups -OCH3 is 1. The summed E-state index contributed by atoms with van der Waals surface area (Å²) in [7, 11) is 1.29. The zero-order valence-corrected chi connectivity index (χ0v) is 14.0. The lowest BCUT2D eigenvalue weighted by Crippen LogP contribution is -2.15. The molecule has 2 aromatic rings. The van der Waals surface area contributed by atoms with Crippen molar-refractivity contribution >= 4 is 23.4 Å². The first-order valence-corrected chi connectivity index (χ1v) is 8.17. The van der Waals surface area contributed by atoms with Gasteiger partial charge in [-0.15, -0.1) is 0 Å². The van der Waals surface area contributed by atoms with Crippen molar-refractivity contribution in [2.75, 3.05) is 17.7 Å². The minimum atomic E-state index is -0.576. The van der Waals surface area contributed by atoms with Crippen molar-refractivity contribution in [2.24, 2.45) is 5.73 Å². The monoisotopic (exact) mass is 343 g/mol. The summed E-state index contributed by atoms with van der Waals surface area (Å²) in [6, 6.07) is 5.02. The van der Waals surface area contributed by atoms with Crippen LogP contribution < -0.4 is 16.4 Å². The molecule has 1 aromatic carbocycles. The number of imidazole rings is 1. The number of aromatic amines is 1. The Hall–Kier alpha value is -2.87. The lowest BCUT2D eigenvalue weighted by molar-refractivity contribution is -0.116. The largest absolute Gasteiger partial charge is 0.453 e. The first-order chi connectivity index (χ1) is 12.1. The highest BCUT2D eigenvalue weighted by Crippen LogP contribution is 2.31. The molecule has 132 valence electrons. The van der Waals surface area contributed by atoms with Gasteiger partial charge in [0.25, 0.3) is 0 Å². The normalized spacial score (nSPS) is 17.5. The molecule has 0 radical (unpaired) electrons. The lowest BCUT2D eigenvalue weighted by Gasteiger charge is -2.14. The van der Waals surface area contributed by atoms with Crippen LogP contribution in [0.15, 0.2) is 24.4 Å². The smallest absolute Gasteiger partial charge is 0.411 e. The highest BCUT2D eigenvalue weighted by atomic mass is 16.5. The summed E-state index contributed by atoms with van der Waals surface area (Å²) in [5, 5.41) is 5.49. The SMILES string of the molecule is COC(=O)Nc1ccc2c(c1)NC(=O)CCCCC(N)c1nc-2c[nH]1. The predicted octanol–water partition coefficient (Wildman–Crippen LogP) is 2.77. The van der Waals surface area contributed by atoms with Crippen LogP contribution in [0.5, 0.6) is 0 Å². The summed E-state index contributed by atoms with van der Waals surface area (Å²) in [5.41, 5.74) is 8.69. The number of nitrogens with one attached hydrogen (secondary N) is 3. The molecule has 8 nitrogen and oxygen atoms in total. The number of anilines is 2. The van der Waals surface area contributed by atoms with Crippen LogP contribution in [0.1, 0.15) is 37.5 Å². The third kappa shape index (κ3) is 3.97. The van der Waals surface area contributed by atoms with Crippen LogP contribution in [0.4, 0.5) is 16.2 Å². The van der Waals surface area contributed by atoms with Crippen LogP contribution in [0.25, 0.3) is 11.3 Å². The predicted molar refractivity (Wildman–Crippen MR) is 94.1 cm³/mol. The van der Waals surface area contributed by atoms with Gasteiger partial charge in [-0.1, -0.05) is 6.42 Å². The number of carbonyl (C=O) groups excluding carboxylic acids is 2. The lowest BCUT2D eigenvalue weighted by atomic mass is 10.1. The zero-order valence-electron chi connectivity index (χ0n) is 14.0. The number of amides is 2. The van der Waals surface area contributed by atoms with E-state index in [1.165, 1.54) is 7.11 Å². The summed E-state index contributed by atoms with van der Waals surface area (Å²) in [4.78, 5) is 31.3.